The molecule has 32 heavy (non-hydrogen) atoms. The van der Waals surface area contributed by atoms with Crippen molar-refractivity contribution in [2.24, 2.45) is 0 Å². The normalized spacial score (nSPS) is 11.4. The minimum absolute atomic E-state index is 0.0353. The van der Waals surface area contributed by atoms with Crippen LogP contribution in [0.3, 0.4) is 0 Å². The Hall–Kier alpha value is -1.64. The quantitative estimate of drug-likeness (QED) is 0.128. The average molecular weight is 602 g/mol. The second-order valence-electron chi connectivity index (χ2n) is 6.53. The number of likely N-dealkylation sites (N-methyl/N-ethyl adjacent to an activating group) is 1. The average Bonchev–Trinajstić information content (AvgIpc) is 2.69. The molecule has 0 aliphatic rings. The van der Waals surface area contributed by atoms with Crippen LogP contribution in [0.1, 0.15) is 15.9 Å². The number of hydrogen-bond donors (Lipinski definition) is 6. The van der Waals surface area contributed by atoms with E-state index in [1.54, 1.807) is 13.0 Å². The summed E-state index contributed by atoms with van der Waals surface area (Å²) in [5, 5.41) is 55.0. The Bertz CT molecular complexity index is 1000. The summed E-state index contributed by atoms with van der Waals surface area (Å²) in [6.07, 6.45) is 1.43. The summed E-state index contributed by atoms with van der Waals surface area (Å²) in [5.41, 5.74) is 1.07. The third-order valence-electron chi connectivity index (χ3n) is 4.27. The molecule has 0 aliphatic carbocycles. The molecule has 0 unspecified atom stereocenters. The molecule has 2 aromatic rings. The van der Waals surface area contributed by atoms with Crippen LogP contribution in [-0.2, 0) is 0 Å². The van der Waals surface area contributed by atoms with E-state index in [1.807, 2.05) is 0 Å². The number of hydrogen-bond acceptors (Lipinski definition) is 8. The number of aldehydes is 1. The highest BCUT2D eigenvalue weighted by molar-refractivity contribution is 9.11. The van der Waals surface area contributed by atoms with Crippen LogP contribution in [0.15, 0.2) is 33.2 Å². The number of aryl methyl sites for hydroxylation is 1. The molecule has 2 rings (SSSR count). The Kier molecular flexibility index (Phi) is 9.75. The number of nitrogens with one attached hydrogen (secondary N) is 1. The van der Waals surface area contributed by atoms with E-state index in [0.717, 1.165) is 18.9 Å². The fraction of sp³-hybridized carbons (Fsp3) is 0.263. The van der Waals surface area contributed by atoms with Gasteiger partial charge < -0.3 is 35.3 Å². The number of benzene rings is 2. The molecule has 9 nitrogen and oxygen atoms in total. The van der Waals surface area contributed by atoms with Gasteiger partial charge in [0.25, 0.3) is 0 Å². The minimum Gasteiger partial charge on any atom is -0.342 e. The van der Waals surface area contributed by atoms with Crippen LogP contribution in [0.5, 0.6) is 0 Å². The monoisotopic (exact) mass is 599 g/mol. The summed E-state index contributed by atoms with van der Waals surface area (Å²) < 4.78 is 12.8. The highest BCUT2D eigenvalue weighted by Gasteiger charge is 2.51. The highest BCUT2D eigenvalue weighted by atomic mass is 79.9. The van der Waals surface area contributed by atoms with Crippen molar-refractivity contribution in [2.75, 3.05) is 23.9 Å². The number of nitrogens with zero attached hydrogens (tertiary/aromatic N) is 2. The third-order valence-corrected chi connectivity index (χ3v) is 6.15. The van der Waals surface area contributed by atoms with Gasteiger partial charge in [0, 0.05) is 29.2 Å². The first-order valence-corrected chi connectivity index (χ1v) is 10.5. The minimum atomic E-state index is -3.86. The molecule has 0 amide bonds. The summed E-state index contributed by atoms with van der Waals surface area (Å²) >= 11 is 11.9. The molecule has 0 aromatic heterocycles. The van der Waals surface area contributed by atoms with Crippen molar-refractivity contribution in [3.63, 3.8) is 0 Å². The van der Waals surface area contributed by atoms with Gasteiger partial charge in [-0.1, -0.05) is 11.6 Å². The van der Waals surface area contributed by atoms with Crippen molar-refractivity contribution in [3.05, 3.63) is 55.2 Å². The van der Waals surface area contributed by atoms with Crippen LogP contribution in [0.25, 0.3) is 0 Å². The largest absolute Gasteiger partial charge is 0.355 e. The highest BCUT2D eigenvalue weighted by Crippen LogP contribution is 2.43. The Morgan fingerprint density at radius 3 is 2.09 bits per heavy atom. The van der Waals surface area contributed by atoms with E-state index in [9.17, 15) is 19.4 Å². The molecule has 6 N–H and O–H groups in total. The van der Waals surface area contributed by atoms with Crippen LogP contribution in [-0.4, -0.2) is 64.1 Å². The maximum Gasteiger partial charge on any atom is 0.355 e. The number of carbonyl (C=O) groups excluding carboxylic acids is 1. The predicted molar refractivity (Wildman–Crippen MR) is 126 cm³/mol. The number of carbonyl (C=O) groups is 1. The summed E-state index contributed by atoms with van der Waals surface area (Å²) in [6, 6.07) is 5.58. The van der Waals surface area contributed by atoms with E-state index in [1.165, 1.54) is 30.1 Å². The molecule has 13 heteroatoms. The Morgan fingerprint density at radius 2 is 1.69 bits per heavy atom. The molecule has 0 aliphatic heterocycles. The third kappa shape index (κ3) is 6.23. The first-order valence-electron chi connectivity index (χ1n) is 8.58. The van der Waals surface area contributed by atoms with Crippen molar-refractivity contribution in [1.29, 1.82) is 5.41 Å². The fourth-order valence-corrected chi connectivity index (χ4v) is 4.06. The van der Waals surface area contributed by atoms with E-state index < -0.39 is 11.9 Å². The molecular formula is C19H21Br2ClFN3O6. The molecule has 0 heterocycles. The van der Waals surface area contributed by atoms with Crippen LogP contribution in [0.2, 0.25) is 5.02 Å². The molecule has 0 saturated heterocycles. The summed E-state index contributed by atoms with van der Waals surface area (Å²) in [5.74, 6) is -7.58. The van der Waals surface area contributed by atoms with Crippen LogP contribution in [0.4, 0.5) is 15.8 Å². The van der Waals surface area contributed by atoms with Gasteiger partial charge in [-0.2, -0.15) is 0 Å². The van der Waals surface area contributed by atoms with E-state index in [4.69, 9.17) is 32.3 Å². The zero-order valence-electron chi connectivity index (χ0n) is 17.0. The van der Waals surface area contributed by atoms with Crippen molar-refractivity contribution in [1.82, 2.24) is 0 Å². The van der Waals surface area contributed by atoms with Crippen molar-refractivity contribution in [3.8, 4) is 0 Å². The van der Waals surface area contributed by atoms with Crippen LogP contribution >= 0.6 is 43.5 Å². The second kappa shape index (κ2) is 11.0. The van der Waals surface area contributed by atoms with E-state index in [0.29, 0.717) is 16.2 Å². The SMILES string of the molecule is CN(C=N)c1c(N(C)C(O)(O)C(O)(O)O)cc(Br)c(C=O)c1Br.Cc1cc(F)ccc1Cl. The fourth-order valence-electron chi connectivity index (χ4n) is 2.38. The topological polar surface area (TPSA) is 149 Å². The summed E-state index contributed by atoms with van der Waals surface area (Å²) in [7, 11) is 2.51. The first kappa shape index (κ1) is 28.4. The van der Waals surface area contributed by atoms with Gasteiger partial charge in [-0.3, -0.25) is 10.2 Å². The molecular weight excluding hydrogens is 580 g/mol. The maximum absolute atomic E-state index is 12.3. The van der Waals surface area contributed by atoms with Crippen molar-refractivity contribution < 1.29 is 34.7 Å². The molecule has 0 spiro atoms. The molecule has 2 aromatic carbocycles. The molecule has 0 saturated carbocycles. The maximum atomic E-state index is 12.3. The standard InChI is InChI=1S/C12H15Br2N3O6.C7H6ClF/c1-16(5-15)10-8(3-7(13)6(4-18)9(10)14)17(2)11(19,20)12(21,22)23;1-5-4-6(9)2-3-7(5)8/h3-5,15,19-23H,1-2H3;2-4H,1H3. The number of rotatable bonds is 6. The number of halogens is 4. The van der Waals surface area contributed by atoms with E-state index in [2.05, 4.69) is 31.9 Å². The molecule has 0 atom stereocenters. The van der Waals surface area contributed by atoms with Gasteiger partial charge in [0.1, 0.15) is 5.82 Å². The lowest BCUT2D eigenvalue weighted by atomic mass is 10.1. The van der Waals surface area contributed by atoms with Gasteiger partial charge in [-0.05, 0) is 68.6 Å². The molecule has 0 bridgehead atoms. The van der Waals surface area contributed by atoms with Crippen molar-refractivity contribution >= 4 is 67.5 Å². The Labute approximate surface area is 205 Å². The predicted octanol–water partition coefficient (Wildman–Crippen LogP) is 2.56. The van der Waals surface area contributed by atoms with Gasteiger partial charge in [-0.25, -0.2) is 4.39 Å². The van der Waals surface area contributed by atoms with Gasteiger partial charge in [0.2, 0.25) is 0 Å². The smallest absolute Gasteiger partial charge is 0.342 e. The van der Waals surface area contributed by atoms with Crippen LogP contribution < -0.4 is 9.80 Å². The Morgan fingerprint density at radius 1 is 1.12 bits per heavy atom. The summed E-state index contributed by atoms with van der Waals surface area (Å²) in [6.45, 7) is 1.77. The lowest BCUT2D eigenvalue weighted by molar-refractivity contribution is -0.444. The van der Waals surface area contributed by atoms with Crippen molar-refractivity contribution in [2.45, 2.75) is 18.8 Å². The number of anilines is 2. The number of aliphatic hydroxyl groups is 5. The lowest BCUT2D eigenvalue weighted by Gasteiger charge is -2.40. The Balaban J connectivity index is 0.000000471. The van der Waals surface area contributed by atoms with Gasteiger partial charge in [0.15, 0.2) is 6.29 Å². The van der Waals surface area contributed by atoms with E-state index >= 15 is 0 Å². The first-order chi connectivity index (χ1) is 14.6. The molecule has 0 radical (unpaired) electrons. The molecule has 0 fully saturated rings. The zero-order chi connectivity index (χ0) is 25.0. The summed E-state index contributed by atoms with van der Waals surface area (Å²) in [4.78, 5) is 13.0. The van der Waals surface area contributed by atoms with E-state index in [-0.39, 0.29) is 31.7 Å². The second-order valence-corrected chi connectivity index (χ2v) is 8.59. The van der Waals surface area contributed by atoms with Crippen LogP contribution in [0, 0.1) is 18.2 Å². The van der Waals surface area contributed by atoms with Gasteiger partial charge >= 0.3 is 11.9 Å². The van der Waals surface area contributed by atoms with Gasteiger partial charge in [-0.15, -0.1) is 0 Å². The lowest BCUT2D eigenvalue weighted by Crippen LogP contribution is -2.64. The van der Waals surface area contributed by atoms with Gasteiger partial charge in [0.05, 0.1) is 22.2 Å². The zero-order valence-corrected chi connectivity index (χ0v) is 20.9. The molecule has 176 valence electrons.